The molecule has 1 atom stereocenters. The van der Waals surface area contributed by atoms with Crippen LogP contribution in [0, 0.1) is 19.8 Å². The number of benzene rings is 1. The number of rotatable bonds is 6. The van der Waals surface area contributed by atoms with Crippen LogP contribution < -0.4 is 10.1 Å². The highest BCUT2D eigenvalue weighted by atomic mass is 35.5. The molecular formula is C15H22ClNO2. The molecule has 0 aliphatic carbocycles. The fourth-order valence-electron chi connectivity index (χ4n) is 2.40. The fraction of sp³-hybridized carbons (Fsp3) is 0.600. The number of hydrogen-bond acceptors (Lipinski definition) is 3. The van der Waals surface area contributed by atoms with Crippen LogP contribution in [0.3, 0.4) is 0 Å². The summed E-state index contributed by atoms with van der Waals surface area (Å²) < 4.78 is 11.2. The summed E-state index contributed by atoms with van der Waals surface area (Å²) in [7, 11) is 0. The molecule has 3 nitrogen and oxygen atoms in total. The number of nitrogens with one attached hydrogen (secondary N) is 1. The molecular weight excluding hydrogens is 262 g/mol. The summed E-state index contributed by atoms with van der Waals surface area (Å²) in [5.41, 5.74) is 2.18. The lowest BCUT2D eigenvalue weighted by Gasteiger charge is -2.14. The van der Waals surface area contributed by atoms with E-state index in [9.17, 15) is 0 Å². The van der Waals surface area contributed by atoms with Crippen LogP contribution in [0.5, 0.6) is 5.75 Å². The summed E-state index contributed by atoms with van der Waals surface area (Å²) in [6, 6.07) is 3.88. The van der Waals surface area contributed by atoms with Gasteiger partial charge in [0.05, 0.1) is 6.61 Å². The highest BCUT2D eigenvalue weighted by molar-refractivity contribution is 6.30. The number of hydrogen-bond donors (Lipinski definition) is 1. The Kier molecular flexibility index (Phi) is 5.49. The standard InChI is InChI=1S/C15H22ClNO2/c1-11-7-14(16)8-12(2)15(11)19-6-4-17-9-13-3-5-18-10-13/h7-8,13,17H,3-6,9-10H2,1-2H3. The maximum Gasteiger partial charge on any atom is 0.125 e. The van der Waals surface area contributed by atoms with Gasteiger partial charge in [0.15, 0.2) is 0 Å². The van der Waals surface area contributed by atoms with Gasteiger partial charge in [-0.1, -0.05) is 11.6 Å². The molecule has 1 heterocycles. The van der Waals surface area contributed by atoms with Gasteiger partial charge >= 0.3 is 0 Å². The summed E-state index contributed by atoms with van der Waals surface area (Å²) >= 11 is 6.00. The number of ether oxygens (including phenoxy) is 2. The summed E-state index contributed by atoms with van der Waals surface area (Å²) in [6.45, 7) is 8.40. The Hall–Kier alpha value is -0.770. The fourth-order valence-corrected chi connectivity index (χ4v) is 2.73. The van der Waals surface area contributed by atoms with Crippen LogP contribution in [0.1, 0.15) is 17.5 Å². The topological polar surface area (TPSA) is 30.5 Å². The SMILES string of the molecule is Cc1cc(Cl)cc(C)c1OCCNCC1CCOC1. The van der Waals surface area contributed by atoms with Crippen molar-refractivity contribution >= 4 is 11.6 Å². The zero-order valence-electron chi connectivity index (χ0n) is 11.7. The van der Waals surface area contributed by atoms with Crippen molar-refractivity contribution in [1.82, 2.24) is 5.32 Å². The minimum Gasteiger partial charge on any atom is -0.492 e. The Balaban J connectivity index is 1.70. The predicted octanol–water partition coefficient (Wildman–Crippen LogP) is 2.96. The van der Waals surface area contributed by atoms with Gasteiger partial charge in [-0.15, -0.1) is 0 Å². The highest BCUT2D eigenvalue weighted by Crippen LogP contribution is 2.26. The molecule has 1 N–H and O–H groups in total. The molecule has 0 amide bonds. The maximum absolute atomic E-state index is 6.00. The zero-order valence-corrected chi connectivity index (χ0v) is 12.4. The van der Waals surface area contributed by atoms with Crippen molar-refractivity contribution in [2.75, 3.05) is 32.9 Å². The first-order valence-corrected chi connectivity index (χ1v) is 7.22. The normalized spacial score (nSPS) is 18.8. The minimum absolute atomic E-state index is 0.666. The van der Waals surface area contributed by atoms with Crippen LogP contribution in [0.4, 0.5) is 0 Å². The third-order valence-corrected chi connectivity index (χ3v) is 3.63. The zero-order chi connectivity index (χ0) is 13.7. The molecule has 0 spiro atoms. The van der Waals surface area contributed by atoms with Gasteiger partial charge in [-0.25, -0.2) is 0 Å². The van der Waals surface area contributed by atoms with Gasteiger partial charge in [-0.2, -0.15) is 0 Å². The third-order valence-electron chi connectivity index (χ3n) is 3.41. The molecule has 1 unspecified atom stereocenters. The van der Waals surface area contributed by atoms with Crippen molar-refractivity contribution in [3.05, 3.63) is 28.3 Å². The first-order valence-electron chi connectivity index (χ1n) is 6.85. The van der Waals surface area contributed by atoms with E-state index in [2.05, 4.69) is 5.32 Å². The van der Waals surface area contributed by atoms with E-state index < -0.39 is 0 Å². The van der Waals surface area contributed by atoms with Gasteiger partial charge in [0.2, 0.25) is 0 Å². The van der Waals surface area contributed by atoms with Crippen LogP contribution in [0.2, 0.25) is 5.02 Å². The van der Waals surface area contributed by atoms with Gasteiger partial charge in [0.25, 0.3) is 0 Å². The molecule has 1 aliphatic heterocycles. The average Bonchev–Trinajstić information content (AvgIpc) is 2.84. The second kappa shape index (κ2) is 7.13. The van der Waals surface area contributed by atoms with E-state index in [-0.39, 0.29) is 0 Å². The van der Waals surface area contributed by atoms with Crippen molar-refractivity contribution in [2.24, 2.45) is 5.92 Å². The maximum atomic E-state index is 6.00. The molecule has 1 aliphatic rings. The summed E-state index contributed by atoms with van der Waals surface area (Å²) in [6.07, 6.45) is 1.17. The quantitative estimate of drug-likeness (QED) is 0.814. The molecule has 0 aromatic heterocycles. The second-order valence-corrected chi connectivity index (χ2v) is 5.59. The molecule has 2 rings (SSSR count). The van der Waals surface area contributed by atoms with Gasteiger partial charge in [0.1, 0.15) is 12.4 Å². The van der Waals surface area contributed by atoms with E-state index in [1.807, 2.05) is 26.0 Å². The molecule has 19 heavy (non-hydrogen) atoms. The van der Waals surface area contributed by atoms with E-state index in [0.29, 0.717) is 12.5 Å². The molecule has 0 bridgehead atoms. The van der Waals surface area contributed by atoms with E-state index in [0.717, 1.165) is 48.2 Å². The minimum atomic E-state index is 0.666. The third kappa shape index (κ3) is 4.37. The molecule has 1 aromatic rings. The van der Waals surface area contributed by atoms with E-state index in [1.54, 1.807) is 0 Å². The van der Waals surface area contributed by atoms with Crippen LogP contribution in [-0.2, 0) is 4.74 Å². The van der Waals surface area contributed by atoms with Crippen molar-refractivity contribution in [3.63, 3.8) is 0 Å². The smallest absolute Gasteiger partial charge is 0.125 e. The van der Waals surface area contributed by atoms with Crippen LogP contribution in [0.25, 0.3) is 0 Å². The van der Waals surface area contributed by atoms with Crippen LogP contribution >= 0.6 is 11.6 Å². The molecule has 0 radical (unpaired) electrons. The molecule has 1 saturated heterocycles. The highest BCUT2D eigenvalue weighted by Gasteiger charge is 2.14. The first-order chi connectivity index (χ1) is 9.16. The van der Waals surface area contributed by atoms with Crippen molar-refractivity contribution in [2.45, 2.75) is 20.3 Å². The molecule has 106 valence electrons. The lowest BCUT2D eigenvalue weighted by atomic mass is 10.1. The van der Waals surface area contributed by atoms with Gasteiger partial charge in [0, 0.05) is 24.7 Å². The van der Waals surface area contributed by atoms with E-state index in [1.165, 1.54) is 6.42 Å². The summed E-state index contributed by atoms with van der Waals surface area (Å²) in [5.74, 6) is 1.62. The largest absolute Gasteiger partial charge is 0.492 e. The first kappa shape index (κ1) is 14.6. The molecule has 0 saturated carbocycles. The Bertz CT molecular complexity index is 394. The number of aryl methyl sites for hydroxylation is 2. The Morgan fingerprint density at radius 3 is 2.74 bits per heavy atom. The summed E-state index contributed by atoms with van der Waals surface area (Å²) in [4.78, 5) is 0. The predicted molar refractivity (Wildman–Crippen MR) is 78.2 cm³/mol. The molecule has 4 heteroatoms. The van der Waals surface area contributed by atoms with Crippen molar-refractivity contribution in [3.8, 4) is 5.75 Å². The number of halogens is 1. The Morgan fingerprint density at radius 2 is 2.11 bits per heavy atom. The Labute approximate surface area is 120 Å². The van der Waals surface area contributed by atoms with E-state index in [4.69, 9.17) is 21.1 Å². The van der Waals surface area contributed by atoms with Gasteiger partial charge in [-0.3, -0.25) is 0 Å². The van der Waals surface area contributed by atoms with Gasteiger partial charge < -0.3 is 14.8 Å². The van der Waals surface area contributed by atoms with Crippen molar-refractivity contribution < 1.29 is 9.47 Å². The van der Waals surface area contributed by atoms with Crippen LogP contribution in [-0.4, -0.2) is 32.9 Å². The average molecular weight is 284 g/mol. The molecule has 1 aromatic carbocycles. The van der Waals surface area contributed by atoms with E-state index >= 15 is 0 Å². The van der Waals surface area contributed by atoms with Crippen molar-refractivity contribution in [1.29, 1.82) is 0 Å². The van der Waals surface area contributed by atoms with Crippen LogP contribution in [0.15, 0.2) is 12.1 Å². The lowest BCUT2D eigenvalue weighted by Crippen LogP contribution is -2.27. The second-order valence-electron chi connectivity index (χ2n) is 5.15. The lowest BCUT2D eigenvalue weighted by molar-refractivity contribution is 0.185. The molecule has 1 fully saturated rings. The van der Waals surface area contributed by atoms with Gasteiger partial charge in [-0.05, 0) is 49.4 Å². The monoisotopic (exact) mass is 283 g/mol. The Morgan fingerprint density at radius 1 is 1.37 bits per heavy atom. The summed E-state index contributed by atoms with van der Waals surface area (Å²) in [5, 5.41) is 4.18.